The van der Waals surface area contributed by atoms with Crippen LogP contribution < -0.4 is 14.8 Å². The molecule has 2 aromatic carbocycles. The van der Waals surface area contributed by atoms with Gasteiger partial charge in [0.1, 0.15) is 5.75 Å². The van der Waals surface area contributed by atoms with Gasteiger partial charge in [-0.05, 0) is 37.3 Å². The van der Waals surface area contributed by atoms with Gasteiger partial charge in [-0.25, -0.2) is 0 Å². The number of ether oxygens (including phenoxy) is 4. The van der Waals surface area contributed by atoms with Crippen molar-refractivity contribution in [1.82, 2.24) is 5.32 Å². The van der Waals surface area contributed by atoms with Gasteiger partial charge in [-0.3, -0.25) is 25.0 Å². The van der Waals surface area contributed by atoms with E-state index in [1.807, 2.05) is 0 Å². The van der Waals surface area contributed by atoms with Gasteiger partial charge in [-0.2, -0.15) is 13.2 Å². The molecule has 1 aliphatic rings. The molecule has 3 atom stereocenters. The predicted molar refractivity (Wildman–Crippen MR) is 115 cm³/mol. The zero-order valence-corrected chi connectivity index (χ0v) is 18.9. The monoisotopic (exact) mass is 535 g/mol. The number of nitro groups is 2. The van der Waals surface area contributed by atoms with Crippen LogP contribution in [0.5, 0.6) is 17.2 Å². The fraction of sp³-hybridized carbons (Fsp3) is 0.350. The molecule has 0 bridgehead atoms. The number of amides is 1. The van der Waals surface area contributed by atoms with E-state index >= 15 is 0 Å². The summed E-state index contributed by atoms with van der Waals surface area (Å²) in [6.07, 6.45) is -6.91. The van der Waals surface area contributed by atoms with Gasteiger partial charge in [0.05, 0.1) is 28.6 Å². The molecule has 1 aliphatic heterocycles. The standard InChI is InChI=1S/C20H17ClF3N3O9/c1-10(19(28)25-8-16-33-9-15(21)36-16)34-18-13(26(29)30)6-7-14(17(18)27(31)32)35-12-4-2-11(3-5-12)20(22,23)24/h2-7,10,15-16H,8-9H2,1H3,(H,25,28). The van der Waals surface area contributed by atoms with Crippen molar-refractivity contribution in [3.63, 3.8) is 0 Å². The Morgan fingerprint density at radius 1 is 1.19 bits per heavy atom. The summed E-state index contributed by atoms with van der Waals surface area (Å²) >= 11 is 5.71. The number of halogens is 4. The molecule has 12 nitrogen and oxygen atoms in total. The van der Waals surface area contributed by atoms with E-state index in [9.17, 15) is 38.2 Å². The number of carbonyl (C=O) groups is 1. The number of rotatable bonds is 9. The number of carbonyl (C=O) groups excluding carboxylic acids is 1. The summed E-state index contributed by atoms with van der Waals surface area (Å²) < 4.78 is 59.2. The molecule has 1 N–H and O–H groups in total. The Bertz CT molecular complexity index is 1150. The lowest BCUT2D eigenvalue weighted by molar-refractivity contribution is -0.396. The first-order chi connectivity index (χ1) is 16.9. The van der Waals surface area contributed by atoms with Gasteiger partial charge >= 0.3 is 17.6 Å². The molecule has 0 saturated carbocycles. The van der Waals surface area contributed by atoms with E-state index in [0.29, 0.717) is 12.1 Å². The molecule has 0 aromatic heterocycles. The molecule has 2 aromatic rings. The molecule has 3 rings (SSSR count). The van der Waals surface area contributed by atoms with E-state index in [-0.39, 0.29) is 18.9 Å². The molecule has 1 fully saturated rings. The highest BCUT2D eigenvalue weighted by atomic mass is 35.5. The van der Waals surface area contributed by atoms with E-state index < -0.39 is 68.3 Å². The zero-order chi connectivity index (χ0) is 26.6. The Morgan fingerprint density at radius 2 is 1.86 bits per heavy atom. The molecule has 36 heavy (non-hydrogen) atoms. The first-order valence-electron chi connectivity index (χ1n) is 10.0. The first-order valence-corrected chi connectivity index (χ1v) is 10.5. The van der Waals surface area contributed by atoms with Crippen molar-refractivity contribution >= 4 is 28.9 Å². The van der Waals surface area contributed by atoms with Crippen LogP contribution in [-0.4, -0.2) is 46.9 Å². The molecule has 194 valence electrons. The third-order valence-electron chi connectivity index (χ3n) is 4.68. The summed E-state index contributed by atoms with van der Waals surface area (Å²) in [5.74, 6) is -2.47. The molecule has 1 saturated heterocycles. The Morgan fingerprint density at radius 3 is 2.39 bits per heavy atom. The lowest BCUT2D eigenvalue weighted by atomic mass is 10.2. The maximum Gasteiger partial charge on any atom is 0.416 e. The predicted octanol–water partition coefficient (Wildman–Crippen LogP) is 4.14. The van der Waals surface area contributed by atoms with Gasteiger partial charge in [0.25, 0.3) is 11.7 Å². The SMILES string of the molecule is CC(Oc1c([N+](=O)[O-])ccc(Oc2ccc(C(F)(F)F)cc2)c1[N+](=O)[O-])C(=O)NCC1OCC(Cl)O1. The van der Waals surface area contributed by atoms with Gasteiger partial charge in [-0.15, -0.1) is 0 Å². The maximum absolute atomic E-state index is 12.8. The zero-order valence-electron chi connectivity index (χ0n) is 18.2. The number of alkyl halides is 4. The normalized spacial score (nSPS) is 18.4. The lowest BCUT2D eigenvalue weighted by Gasteiger charge is -2.17. The molecular formula is C20H17ClF3N3O9. The number of hydrogen-bond acceptors (Lipinski definition) is 9. The van der Waals surface area contributed by atoms with Crippen molar-refractivity contribution in [1.29, 1.82) is 0 Å². The average molecular weight is 536 g/mol. The topological polar surface area (TPSA) is 152 Å². The van der Waals surface area contributed by atoms with Crippen molar-refractivity contribution in [3.05, 3.63) is 62.2 Å². The van der Waals surface area contributed by atoms with Crippen LogP contribution in [0.3, 0.4) is 0 Å². The Labute approximate surface area is 205 Å². The Kier molecular flexibility index (Phi) is 8.17. The van der Waals surface area contributed by atoms with E-state index in [1.165, 1.54) is 6.92 Å². The lowest BCUT2D eigenvalue weighted by Crippen LogP contribution is -2.40. The molecule has 0 spiro atoms. The summed E-state index contributed by atoms with van der Waals surface area (Å²) in [6, 6.07) is 4.96. The minimum Gasteiger partial charge on any atom is -0.469 e. The van der Waals surface area contributed by atoms with Gasteiger partial charge in [0, 0.05) is 6.07 Å². The average Bonchev–Trinajstić information content (AvgIpc) is 3.21. The van der Waals surface area contributed by atoms with Crippen molar-refractivity contribution in [2.24, 2.45) is 0 Å². The van der Waals surface area contributed by atoms with Crippen molar-refractivity contribution in [2.45, 2.75) is 31.1 Å². The quantitative estimate of drug-likeness (QED) is 0.283. The third-order valence-corrected chi connectivity index (χ3v) is 4.91. The van der Waals surface area contributed by atoms with Gasteiger partial charge in [0.15, 0.2) is 18.0 Å². The number of hydrogen-bond donors (Lipinski definition) is 1. The van der Waals surface area contributed by atoms with E-state index in [4.69, 9.17) is 30.5 Å². The molecule has 16 heteroatoms. The van der Waals surface area contributed by atoms with E-state index in [0.717, 1.165) is 24.3 Å². The van der Waals surface area contributed by atoms with Crippen LogP contribution in [0, 0.1) is 20.2 Å². The minimum absolute atomic E-state index is 0.0955. The van der Waals surface area contributed by atoms with Crippen LogP contribution in [0.15, 0.2) is 36.4 Å². The first kappa shape index (κ1) is 26.9. The van der Waals surface area contributed by atoms with E-state index in [1.54, 1.807) is 0 Å². The van der Waals surface area contributed by atoms with Crippen LogP contribution in [0.1, 0.15) is 12.5 Å². The second-order valence-electron chi connectivity index (χ2n) is 7.21. The smallest absolute Gasteiger partial charge is 0.416 e. The molecule has 0 aliphatic carbocycles. The number of nitro benzene ring substituents is 2. The van der Waals surface area contributed by atoms with Gasteiger partial charge in [0.2, 0.25) is 5.75 Å². The largest absolute Gasteiger partial charge is 0.469 e. The van der Waals surface area contributed by atoms with Crippen molar-refractivity contribution in [3.8, 4) is 17.2 Å². The molecular weight excluding hydrogens is 519 g/mol. The number of benzene rings is 2. The fourth-order valence-corrected chi connectivity index (χ4v) is 3.18. The summed E-state index contributed by atoms with van der Waals surface area (Å²) in [6.45, 7) is 1.14. The second-order valence-corrected chi connectivity index (χ2v) is 7.70. The van der Waals surface area contributed by atoms with Crippen LogP contribution in [0.4, 0.5) is 24.5 Å². The molecule has 1 heterocycles. The summed E-state index contributed by atoms with van der Waals surface area (Å²) in [5.41, 5.74) is -3.52. The molecule has 1 amide bonds. The minimum atomic E-state index is -4.61. The summed E-state index contributed by atoms with van der Waals surface area (Å²) in [4.78, 5) is 33.7. The highest BCUT2D eigenvalue weighted by Crippen LogP contribution is 2.45. The molecule has 0 radical (unpaired) electrons. The number of nitrogens with one attached hydrogen (secondary N) is 1. The van der Waals surface area contributed by atoms with Crippen LogP contribution in [-0.2, 0) is 20.4 Å². The molecule has 3 unspecified atom stereocenters. The Balaban J connectivity index is 1.85. The highest BCUT2D eigenvalue weighted by molar-refractivity contribution is 6.19. The maximum atomic E-state index is 12.8. The summed E-state index contributed by atoms with van der Waals surface area (Å²) in [7, 11) is 0. The van der Waals surface area contributed by atoms with Crippen molar-refractivity contribution in [2.75, 3.05) is 13.2 Å². The van der Waals surface area contributed by atoms with Crippen LogP contribution >= 0.6 is 11.6 Å². The fourth-order valence-electron chi connectivity index (χ4n) is 2.99. The second kappa shape index (κ2) is 10.9. The van der Waals surface area contributed by atoms with Crippen molar-refractivity contribution < 1.29 is 46.8 Å². The van der Waals surface area contributed by atoms with Gasteiger partial charge in [-0.1, -0.05) is 11.6 Å². The third kappa shape index (κ3) is 6.50. The Hall–Kier alpha value is -3.69. The summed E-state index contributed by atoms with van der Waals surface area (Å²) in [5, 5.41) is 25.7. The number of nitrogens with zero attached hydrogens (tertiary/aromatic N) is 2. The van der Waals surface area contributed by atoms with Crippen LogP contribution in [0.2, 0.25) is 0 Å². The van der Waals surface area contributed by atoms with Crippen LogP contribution in [0.25, 0.3) is 0 Å². The van der Waals surface area contributed by atoms with E-state index in [2.05, 4.69) is 5.32 Å². The van der Waals surface area contributed by atoms with Gasteiger partial charge < -0.3 is 24.3 Å². The highest BCUT2D eigenvalue weighted by Gasteiger charge is 2.35.